The van der Waals surface area contributed by atoms with Crippen molar-refractivity contribution in [2.45, 2.75) is 12.5 Å². The van der Waals surface area contributed by atoms with Gasteiger partial charge in [0, 0.05) is 25.0 Å². The van der Waals surface area contributed by atoms with Crippen molar-refractivity contribution in [3.63, 3.8) is 0 Å². The predicted molar refractivity (Wildman–Crippen MR) is 38.8 cm³/mol. The van der Waals surface area contributed by atoms with E-state index in [0.29, 0.717) is 6.04 Å². The van der Waals surface area contributed by atoms with Crippen LogP contribution in [0.15, 0.2) is 18.7 Å². The number of hydrogen-bond donors (Lipinski definition) is 1. The summed E-state index contributed by atoms with van der Waals surface area (Å²) < 4.78 is 2.17. The Hall–Kier alpha value is -0.830. The van der Waals surface area contributed by atoms with Gasteiger partial charge in [-0.1, -0.05) is 0 Å². The molecular formula is C7H11N3. The van der Waals surface area contributed by atoms with Crippen LogP contribution in [0.1, 0.15) is 12.5 Å². The number of imidazole rings is 1. The second-order valence-electron chi connectivity index (χ2n) is 2.66. The molecule has 2 heterocycles. The summed E-state index contributed by atoms with van der Waals surface area (Å²) in [6.45, 7) is 2.24. The van der Waals surface area contributed by atoms with E-state index in [1.54, 1.807) is 0 Å². The van der Waals surface area contributed by atoms with Gasteiger partial charge < -0.3 is 9.88 Å². The molecule has 0 unspecified atom stereocenters. The Kier molecular flexibility index (Phi) is 1.43. The molecule has 1 aliphatic rings. The Labute approximate surface area is 60.1 Å². The molecule has 0 amide bonds. The lowest BCUT2D eigenvalue weighted by molar-refractivity contribution is 0.546. The van der Waals surface area contributed by atoms with Gasteiger partial charge in [0.25, 0.3) is 0 Å². The van der Waals surface area contributed by atoms with Crippen LogP contribution in [0.4, 0.5) is 0 Å². The molecule has 1 N–H and O–H groups in total. The average molecular weight is 137 g/mol. The third-order valence-corrected chi connectivity index (χ3v) is 1.98. The first kappa shape index (κ1) is 5.92. The van der Waals surface area contributed by atoms with Gasteiger partial charge in [-0.2, -0.15) is 0 Å². The highest BCUT2D eigenvalue weighted by Gasteiger charge is 2.14. The second kappa shape index (κ2) is 2.42. The smallest absolute Gasteiger partial charge is 0.0948 e. The van der Waals surface area contributed by atoms with Crippen molar-refractivity contribution in [1.82, 2.24) is 14.9 Å². The molecule has 2 rings (SSSR count). The van der Waals surface area contributed by atoms with Gasteiger partial charge in [0.05, 0.1) is 6.33 Å². The van der Waals surface area contributed by atoms with E-state index in [4.69, 9.17) is 0 Å². The molecule has 3 heteroatoms. The van der Waals surface area contributed by atoms with Crippen LogP contribution in [0.2, 0.25) is 0 Å². The zero-order valence-electron chi connectivity index (χ0n) is 5.83. The Morgan fingerprint density at radius 3 is 3.20 bits per heavy atom. The largest absolute Gasteiger partial charge is 0.333 e. The summed E-state index contributed by atoms with van der Waals surface area (Å²) in [6, 6.07) is 0.641. The average Bonchev–Trinajstić information content (AvgIpc) is 2.59. The third-order valence-electron chi connectivity index (χ3n) is 1.98. The van der Waals surface area contributed by atoms with Crippen molar-refractivity contribution in [2.24, 2.45) is 0 Å². The lowest BCUT2D eigenvalue weighted by atomic mass is 10.3. The van der Waals surface area contributed by atoms with Gasteiger partial charge in [-0.25, -0.2) is 4.98 Å². The fourth-order valence-electron chi connectivity index (χ4n) is 1.38. The van der Waals surface area contributed by atoms with Crippen LogP contribution in [0, 0.1) is 0 Å². The van der Waals surface area contributed by atoms with E-state index in [1.807, 2.05) is 18.7 Å². The van der Waals surface area contributed by atoms with Gasteiger partial charge in [-0.05, 0) is 13.0 Å². The number of nitrogens with one attached hydrogen (secondary N) is 1. The Morgan fingerprint density at radius 1 is 1.60 bits per heavy atom. The molecule has 1 aromatic rings. The second-order valence-corrected chi connectivity index (χ2v) is 2.66. The first-order chi connectivity index (χ1) is 4.97. The summed E-state index contributed by atoms with van der Waals surface area (Å²) in [7, 11) is 0. The minimum atomic E-state index is 0.641. The van der Waals surface area contributed by atoms with E-state index in [1.165, 1.54) is 6.42 Å². The van der Waals surface area contributed by atoms with E-state index in [0.717, 1.165) is 13.1 Å². The summed E-state index contributed by atoms with van der Waals surface area (Å²) in [5.74, 6) is 0. The highest BCUT2D eigenvalue weighted by molar-refractivity contribution is 4.84. The van der Waals surface area contributed by atoms with E-state index < -0.39 is 0 Å². The van der Waals surface area contributed by atoms with Crippen LogP contribution in [0.3, 0.4) is 0 Å². The topological polar surface area (TPSA) is 29.9 Å². The van der Waals surface area contributed by atoms with Crippen molar-refractivity contribution in [1.29, 1.82) is 0 Å². The molecule has 1 aromatic heterocycles. The monoisotopic (exact) mass is 137 g/mol. The molecule has 0 spiro atoms. The molecule has 0 saturated carbocycles. The summed E-state index contributed by atoms with van der Waals surface area (Å²) in [5.41, 5.74) is 0. The fourth-order valence-corrected chi connectivity index (χ4v) is 1.38. The van der Waals surface area contributed by atoms with Crippen molar-refractivity contribution >= 4 is 0 Å². The molecule has 0 aromatic carbocycles. The number of rotatable bonds is 1. The minimum absolute atomic E-state index is 0.641. The highest BCUT2D eigenvalue weighted by Crippen LogP contribution is 2.12. The molecule has 10 heavy (non-hydrogen) atoms. The molecule has 1 fully saturated rings. The lowest BCUT2D eigenvalue weighted by Gasteiger charge is -2.07. The molecule has 0 radical (unpaired) electrons. The maximum atomic E-state index is 4.00. The maximum Gasteiger partial charge on any atom is 0.0948 e. The van der Waals surface area contributed by atoms with Gasteiger partial charge in [0.2, 0.25) is 0 Å². The SMILES string of the molecule is c1cn([C@H]2CCNC2)cn1. The Bertz CT molecular complexity index is 187. The lowest BCUT2D eigenvalue weighted by Crippen LogP contribution is -2.11. The molecule has 0 bridgehead atoms. The van der Waals surface area contributed by atoms with E-state index in [-0.39, 0.29) is 0 Å². The normalized spacial score (nSPS) is 25.4. The number of aromatic nitrogens is 2. The van der Waals surface area contributed by atoms with Gasteiger partial charge in [0.1, 0.15) is 0 Å². The molecule has 54 valence electrons. The predicted octanol–water partition coefficient (Wildman–Crippen LogP) is 0.418. The van der Waals surface area contributed by atoms with Crippen molar-refractivity contribution in [2.75, 3.05) is 13.1 Å². The summed E-state index contributed by atoms with van der Waals surface area (Å²) in [6.07, 6.45) is 6.98. The van der Waals surface area contributed by atoms with Gasteiger partial charge in [-0.15, -0.1) is 0 Å². The molecule has 1 atom stereocenters. The van der Waals surface area contributed by atoms with Crippen LogP contribution in [-0.4, -0.2) is 22.6 Å². The van der Waals surface area contributed by atoms with Crippen LogP contribution >= 0.6 is 0 Å². The van der Waals surface area contributed by atoms with Gasteiger partial charge in [-0.3, -0.25) is 0 Å². The quantitative estimate of drug-likeness (QED) is 0.608. The number of hydrogen-bond acceptors (Lipinski definition) is 2. The van der Waals surface area contributed by atoms with Crippen LogP contribution in [0.25, 0.3) is 0 Å². The number of nitrogens with zero attached hydrogens (tertiary/aromatic N) is 2. The summed E-state index contributed by atoms with van der Waals surface area (Å²) in [5, 5.41) is 3.31. The molecule has 3 nitrogen and oxygen atoms in total. The molecule has 1 aliphatic heterocycles. The van der Waals surface area contributed by atoms with Crippen LogP contribution in [-0.2, 0) is 0 Å². The van der Waals surface area contributed by atoms with Gasteiger partial charge in [0.15, 0.2) is 0 Å². The Balaban J connectivity index is 2.12. The Morgan fingerprint density at radius 2 is 2.60 bits per heavy atom. The first-order valence-electron chi connectivity index (χ1n) is 3.65. The van der Waals surface area contributed by atoms with Crippen molar-refractivity contribution in [3.8, 4) is 0 Å². The zero-order valence-corrected chi connectivity index (χ0v) is 5.83. The molecular weight excluding hydrogens is 126 g/mol. The van der Waals surface area contributed by atoms with Crippen LogP contribution in [0.5, 0.6) is 0 Å². The van der Waals surface area contributed by atoms with Crippen LogP contribution < -0.4 is 5.32 Å². The van der Waals surface area contributed by atoms with Crippen molar-refractivity contribution < 1.29 is 0 Å². The molecule has 1 saturated heterocycles. The van der Waals surface area contributed by atoms with Gasteiger partial charge >= 0.3 is 0 Å². The van der Waals surface area contributed by atoms with E-state index in [2.05, 4.69) is 14.9 Å². The minimum Gasteiger partial charge on any atom is -0.333 e. The van der Waals surface area contributed by atoms with E-state index >= 15 is 0 Å². The van der Waals surface area contributed by atoms with E-state index in [9.17, 15) is 0 Å². The summed E-state index contributed by atoms with van der Waals surface area (Å²) in [4.78, 5) is 4.00. The zero-order chi connectivity index (χ0) is 6.81. The highest BCUT2D eigenvalue weighted by atomic mass is 15.1. The molecule has 0 aliphatic carbocycles. The maximum absolute atomic E-state index is 4.00. The third kappa shape index (κ3) is 0.926. The van der Waals surface area contributed by atoms with Crippen molar-refractivity contribution in [3.05, 3.63) is 18.7 Å². The first-order valence-corrected chi connectivity index (χ1v) is 3.65. The summed E-state index contributed by atoms with van der Waals surface area (Å²) >= 11 is 0. The fraction of sp³-hybridized carbons (Fsp3) is 0.571. The standard InChI is InChI=1S/C7H11N3/c1-2-8-5-7(1)10-4-3-9-6-10/h3-4,6-8H,1-2,5H2/t7-/m0/s1.